The van der Waals surface area contributed by atoms with E-state index in [1.807, 2.05) is 12.1 Å². The summed E-state index contributed by atoms with van der Waals surface area (Å²) in [6.45, 7) is 4.47. The van der Waals surface area contributed by atoms with E-state index in [0.717, 1.165) is 37.0 Å². The number of piperidine rings is 1. The molecular weight excluding hydrogens is 324 g/mol. The zero-order valence-corrected chi connectivity index (χ0v) is 16.2. The number of nitrogens with zero attached hydrogens (tertiary/aromatic N) is 2. The van der Waals surface area contributed by atoms with Crippen LogP contribution in [0.4, 0.5) is 5.82 Å². The Bertz CT molecular complexity index is 716. The lowest BCUT2D eigenvalue weighted by molar-refractivity contribution is -0.116. The lowest BCUT2D eigenvalue weighted by atomic mass is 9.91. The molecule has 1 fully saturated rings. The van der Waals surface area contributed by atoms with Crippen molar-refractivity contribution in [1.82, 2.24) is 14.9 Å². The van der Waals surface area contributed by atoms with Gasteiger partial charge in [0.15, 0.2) is 0 Å². The first-order valence-electron chi connectivity index (χ1n) is 10.1. The van der Waals surface area contributed by atoms with E-state index in [1.165, 1.54) is 37.7 Å². The van der Waals surface area contributed by atoms with Gasteiger partial charge in [0.1, 0.15) is 5.82 Å². The first kappa shape index (κ1) is 18.9. The number of anilines is 1. The van der Waals surface area contributed by atoms with E-state index < -0.39 is 0 Å². The molecule has 26 heavy (non-hydrogen) atoms. The predicted molar refractivity (Wildman–Crippen MR) is 108 cm³/mol. The quantitative estimate of drug-likeness (QED) is 0.676. The van der Waals surface area contributed by atoms with Crippen LogP contribution in [-0.2, 0) is 4.79 Å². The monoisotopic (exact) mass is 356 g/mol. The van der Waals surface area contributed by atoms with Gasteiger partial charge >= 0.3 is 0 Å². The fraction of sp³-hybridized carbons (Fsp3) is 0.619. The fourth-order valence-corrected chi connectivity index (χ4v) is 3.81. The van der Waals surface area contributed by atoms with Crippen molar-refractivity contribution in [3.63, 3.8) is 0 Å². The molecule has 0 atom stereocenters. The van der Waals surface area contributed by atoms with Crippen LogP contribution >= 0.6 is 0 Å². The van der Waals surface area contributed by atoms with Gasteiger partial charge in [-0.05, 0) is 63.0 Å². The Hall–Kier alpha value is -1.88. The van der Waals surface area contributed by atoms with Crippen LogP contribution in [0.1, 0.15) is 69.8 Å². The number of likely N-dealkylation sites (tertiary alicyclic amines) is 1. The lowest BCUT2D eigenvalue weighted by Crippen LogP contribution is -2.29. The van der Waals surface area contributed by atoms with Crippen molar-refractivity contribution in [2.24, 2.45) is 0 Å². The SMILES string of the molecule is CCCCCCCC(=O)Nc1ccc2[nH]cc(C3CCN(C)CC3)c2n1. The van der Waals surface area contributed by atoms with Gasteiger partial charge in [0.05, 0.1) is 11.0 Å². The van der Waals surface area contributed by atoms with Crippen LogP contribution in [0.15, 0.2) is 18.3 Å². The van der Waals surface area contributed by atoms with E-state index in [9.17, 15) is 4.79 Å². The third kappa shape index (κ3) is 4.85. The molecule has 5 nitrogen and oxygen atoms in total. The molecule has 1 amide bonds. The van der Waals surface area contributed by atoms with Crippen LogP contribution in [0.3, 0.4) is 0 Å². The van der Waals surface area contributed by atoms with Crippen molar-refractivity contribution in [3.05, 3.63) is 23.9 Å². The molecule has 3 heterocycles. The second-order valence-electron chi connectivity index (χ2n) is 7.63. The summed E-state index contributed by atoms with van der Waals surface area (Å²) in [5.41, 5.74) is 3.36. The molecule has 0 aromatic carbocycles. The number of carbonyl (C=O) groups is 1. The first-order chi connectivity index (χ1) is 12.7. The molecule has 2 aromatic rings. The van der Waals surface area contributed by atoms with Gasteiger partial charge in [-0.25, -0.2) is 4.98 Å². The maximum Gasteiger partial charge on any atom is 0.225 e. The van der Waals surface area contributed by atoms with Gasteiger partial charge in [0.25, 0.3) is 0 Å². The topological polar surface area (TPSA) is 61.0 Å². The Kier molecular flexibility index (Phi) is 6.67. The number of unbranched alkanes of at least 4 members (excludes halogenated alkanes) is 4. The van der Waals surface area contributed by atoms with Gasteiger partial charge in [0.2, 0.25) is 5.91 Å². The summed E-state index contributed by atoms with van der Waals surface area (Å²) < 4.78 is 0. The third-order valence-corrected chi connectivity index (χ3v) is 5.49. The van der Waals surface area contributed by atoms with Crippen molar-refractivity contribution in [2.45, 2.75) is 64.2 Å². The van der Waals surface area contributed by atoms with Crippen molar-refractivity contribution >= 4 is 22.8 Å². The van der Waals surface area contributed by atoms with E-state index in [2.05, 4.69) is 35.4 Å². The summed E-state index contributed by atoms with van der Waals surface area (Å²) in [5, 5.41) is 2.98. The molecule has 0 aliphatic carbocycles. The highest BCUT2D eigenvalue weighted by Gasteiger charge is 2.22. The average molecular weight is 357 g/mol. The standard InChI is InChI=1S/C21H32N4O/c1-3-4-5-6-7-8-20(26)23-19-10-9-18-21(24-19)17(15-22-18)16-11-13-25(2)14-12-16/h9-10,15-16,22H,3-8,11-14H2,1-2H3,(H,23,24,26). The highest BCUT2D eigenvalue weighted by molar-refractivity contribution is 5.91. The number of H-pyrrole nitrogens is 1. The van der Waals surface area contributed by atoms with E-state index in [0.29, 0.717) is 18.2 Å². The summed E-state index contributed by atoms with van der Waals surface area (Å²) in [7, 11) is 2.18. The van der Waals surface area contributed by atoms with E-state index in [1.54, 1.807) is 0 Å². The molecule has 1 saturated heterocycles. The molecule has 1 aliphatic heterocycles. The second kappa shape index (κ2) is 9.17. The minimum atomic E-state index is 0.0738. The summed E-state index contributed by atoms with van der Waals surface area (Å²) >= 11 is 0. The molecule has 0 radical (unpaired) electrons. The van der Waals surface area contributed by atoms with Gasteiger partial charge in [0, 0.05) is 12.6 Å². The molecule has 0 bridgehead atoms. The van der Waals surface area contributed by atoms with Crippen LogP contribution < -0.4 is 5.32 Å². The zero-order chi connectivity index (χ0) is 18.4. The number of amides is 1. The molecular formula is C21H32N4O. The molecule has 1 aliphatic rings. The number of aromatic nitrogens is 2. The number of pyridine rings is 1. The summed E-state index contributed by atoms with van der Waals surface area (Å²) in [6, 6.07) is 3.92. The number of hydrogen-bond acceptors (Lipinski definition) is 3. The normalized spacial score (nSPS) is 16.2. The van der Waals surface area contributed by atoms with E-state index in [-0.39, 0.29) is 5.91 Å². The van der Waals surface area contributed by atoms with Crippen molar-refractivity contribution in [2.75, 3.05) is 25.5 Å². The molecule has 2 aromatic heterocycles. The number of hydrogen-bond donors (Lipinski definition) is 2. The predicted octanol–water partition coefficient (Wildman–Crippen LogP) is 4.67. The first-order valence-corrected chi connectivity index (χ1v) is 10.1. The van der Waals surface area contributed by atoms with Gasteiger partial charge in [-0.3, -0.25) is 4.79 Å². The lowest BCUT2D eigenvalue weighted by Gasteiger charge is -2.28. The van der Waals surface area contributed by atoms with Crippen LogP contribution in [0, 0.1) is 0 Å². The Balaban J connectivity index is 1.61. The molecule has 3 rings (SSSR count). The Morgan fingerprint density at radius 3 is 2.77 bits per heavy atom. The molecule has 0 spiro atoms. The highest BCUT2D eigenvalue weighted by Crippen LogP contribution is 2.32. The van der Waals surface area contributed by atoms with E-state index >= 15 is 0 Å². The Morgan fingerprint density at radius 1 is 1.23 bits per heavy atom. The highest BCUT2D eigenvalue weighted by atomic mass is 16.1. The van der Waals surface area contributed by atoms with Crippen LogP contribution in [0.5, 0.6) is 0 Å². The van der Waals surface area contributed by atoms with Crippen molar-refractivity contribution in [3.8, 4) is 0 Å². The number of aromatic amines is 1. The van der Waals surface area contributed by atoms with Crippen molar-refractivity contribution < 1.29 is 4.79 Å². The number of fused-ring (bicyclic) bond motifs is 1. The Labute approximate surface area is 156 Å². The fourth-order valence-electron chi connectivity index (χ4n) is 3.81. The molecule has 0 saturated carbocycles. The molecule has 0 unspecified atom stereocenters. The number of nitrogens with one attached hydrogen (secondary N) is 2. The summed E-state index contributed by atoms with van der Waals surface area (Å²) in [4.78, 5) is 22.7. The summed E-state index contributed by atoms with van der Waals surface area (Å²) in [5.74, 6) is 1.30. The van der Waals surface area contributed by atoms with Crippen LogP contribution in [0.2, 0.25) is 0 Å². The summed E-state index contributed by atoms with van der Waals surface area (Å²) in [6.07, 6.45) is 10.8. The number of carbonyl (C=O) groups excluding carboxylic acids is 1. The van der Waals surface area contributed by atoms with Crippen LogP contribution in [-0.4, -0.2) is 40.9 Å². The van der Waals surface area contributed by atoms with Crippen LogP contribution in [0.25, 0.3) is 11.0 Å². The van der Waals surface area contributed by atoms with Crippen molar-refractivity contribution in [1.29, 1.82) is 0 Å². The minimum absolute atomic E-state index is 0.0738. The average Bonchev–Trinajstić information content (AvgIpc) is 3.05. The maximum atomic E-state index is 12.2. The van der Waals surface area contributed by atoms with Gasteiger partial charge in [-0.1, -0.05) is 32.6 Å². The van der Waals surface area contributed by atoms with Gasteiger partial charge in [-0.2, -0.15) is 0 Å². The Morgan fingerprint density at radius 2 is 2.00 bits per heavy atom. The zero-order valence-electron chi connectivity index (χ0n) is 16.2. The van der Waals surface area contributed by atoms with Gasteiger partial charge < -0.3 is 15.2 Å². The smallest absolute Gasteiger partial charge is 0.225 e. The minimum Gasteiger partial charge on any atom is -0.360 e. The van der Waals surface area contributed by atoms with Gasteiger partial charge in [-0.15, -0.1) is 0 Å². The largest absolute Gasteiger partial charge is 0.360 e. The second-order valence-corrected chi connectivity index (χ2v) is 7.63. The molecule has 5 heteroatoms. The molecule has 142 valence electrons. The maximum absolute atomic E-state index is 12.2. The van der Waals surface area contributed by atoms with E-state index in [4.69, 9.17) is 4.98 Å². The third-order valence-electron chi connectivity index (χ3n) is 5.49. The number of rotatable bonds is 8. The molecule has 2 N–H and O–H groups in total.